The highest BCUT2D eigenvalue weighted by atomic mass is 16.5. The van der Waals surface area contributed by atoms with Crippen molar-refractivity contribution < 1.29 is 9.53 Å². The monoisotopic (exact) mass is 282 g/mol. The average molecular weight is 282 g/mol. The van der Waals surface area contributed by atoms with Crippen molar-refractivity contribution in [3.05, 3.63) is 0 Å². The lowest BCUT2D eigenvalue weighted by Crippen LogP contribution is -2.47. The minimum atomic E-state index is 0.309. The number of hydrogen-bond donors (Lipinski definition) is 1. The third-order valence-corrected chi connectivity index (χ3v) is 4.71. The molecule has 0 saturated carbocycles. The van der Waals surface area contributed by atoms with Crippen molar-refractivity contribution in [2.24, 2.45) is 5.92 Å². The number of nitrogens with one attached hydrogen (secondary N) is 1. The molecule has 0 aliphatic carbocycles. The van der Waals surface area contributed by atoms with Crippen LogP contribution in [0.1, 0.15) is 51.9 Å². The lowest BCUT2D eigenvalue weighted by molar-refractivity contribution is -0.136. The highest BCUT2D eigenvalue weighted by Gasteiger charge is 2.32. The Bertz CT molecular complexity index is 290. The van der Waals surface area contributed by atoms with Gasteiger partial charge in [0.2, 0.25) is 5.91 Å². The van der Waals surface area contributed by atoms with E-state index in [-0.39, 0.29) is 0 Å². The Kier molecular flexibility index (Phi) is 6.80. The minimum absolute atomic E-state index is 0.309. The van der Waals surface area contributed by atoms with Crippen LogP contribution in [-0.2, 0) is 9.53 Å². The van der Waals surface area contributed by atoms with Gasteiger partial charge in [-0.1, -0.05) is 12.8 Å². The molecule has 1 N–H and O–H groups in total. The zero-order valence-electron chi connectivity index (χ0n) is 12.9. The van der Waals surface area contributed by atoms with Gasteiger partial charge in [0, 0.05) is 19.2 Å². The molecule has 1 unspecified atom stereocenters. The summed E-state index contributed by atoms with van der Waals surface area (Å²) in [5.41, 5.74) is 0. The van der Waals surface area contributed by atoms with Crippen LogP contribution in [0.2, 0.25) is 0 Å². The summed E-state index contributed by atoms with van der Waals surface area (Å²) < 4.78 is 5.35. The van der Waals surface area contributed by atoms with Crippen molar-refractivity contribution in [1.29, 1.82) is 0 Å². The fraction of sp³-hybridized carbons (Fsp3) is 0.938. The zero-order chi connectivity index (χ0) is 14.2. The van der Waals surface area contributed by atoms with Crippen LogP contribution in [0.15, 0.2) is 0 Å². The van der Waals surface area contributed by atoms with Crippen LogP contribution in [0.3, 0.4) is 0 Å². The van der Waals surface area contributed by atoms with Crippen LogP contribution in [0.5, 0.6) is 0 Å². The van der Waals surface area contributed by atoms with Gasteiger partial charge in [0.1, 0.15) is 0 Å². The molecule has 1 atom stereocenters. The van der Waals surface area contributed by atoms with E-state index in [1.54, 1.807) is 0 Å². The number of likely N-dealkylation sites (tertiary alicyclic amines) is 1. The van der Waals surface area contributed by atoms with Crippen LogP contribution in [0, 0.1) is 5.92 Å². The number of carbonyl (C=O) groups excluding carboxylic acids is 1. The Balaban J connectivity index is 1.94. The van der Waals surface area contributed by atoms with Crippen molar-refractivity contribution in [3.63, 3.8) is 0 Å². The number of piperidine rings is 1. The highest BCUT2D eigenvalue weighted by molar-refractivity contribution is 5.76. The number of carbonyl (C=O) groups is 1. The minimum Gasteiger partial charge on any atom is -0.381 e. The molecule has 2 fully saturated rings. The number of amides is 1. The summed E-state index contributed by atoms with van der Waals surface area (Å²) in [5.74, 6) is 1.01. The maximum atomic E-state index is 12.5. The summed E-state index contributed by atoms with van der Waals surface area (Å²) in [6, 6.07) is 0.480. The molecule has 20 heavy (non-hydrogen) atoms. The number of ether oxygens (including phenoxy) is 1. The third-order valence-electron chi connectivity index (χ3n) is 4.71. The molecular formula is C16H30N2O2. The standard InChI is InChI=1S/C16H30N2O2/c1-2-20-13-9-16(19)18-12-5-3-4-6-15(18)14-7-10-17-11-8-14/h14-15,17H,2-13H2,1H3. The van der Waals surface area contributed by atoms with Gasteiger partial charge in [-0.05, 0) is 51.6 Å². The highest BCUT2D eigenvalue weighted by Crippen LogP contribution is 2.28. The first-order valence-corrected chi connectivity index (χ1v) is 8.41. The molecule has 116 valence electrons. The molecule has 4 nitrogen and oxygen atoms in total. The van der Waals surface area contributed by atoms with Gasteiger partial charge in [0.15, 0.2) is 0 Å². The Morgan fingerprint density at radius 1 is 1.20 bits per heavy atom. The molecule has 2 aliphatic rings. The maximum Gasteiger partial charge on any atom is 0.225 e. The molecule has 0 aromatic carbocycles. The van der Waals surface area contributed by atoms with Gasteiger partial charge in [0.05, 0.1) is 13.0 Å². The van der Waals surface area contributed by atoms with Gasteiger partial charge >= 0.3 is 0 Å². The van der Waals surface area contributed by atoms with Crippen LogP contribution >= 0.6 is 0 Å². The summed E-state index contributed by atoms with van der Waals surface area (Å²) in [6.45, 7) is 6.44. The second-order valence-corrected chi connectivity index (χ2v) is 6.04. The molecule has 4 heteroatoms. The van der Waals surface area contributed by atoms with Crippen molar-refractivity contribution in [2.45, 2.75) is 57.9 Å². The van der Waals surface area contributed by atoms with Gasteiger partial charge < -0.3 is 15.0 Å². The molecule has 2 rings (SSSR count). The van der Waals surface area contributed by atoms with Crippen LogP contribution in [-0.4, -0.2) is 49.7 Å². The summed E-state index contributed by atoms with van der Waals surface area (Å²) in [7, 11) is 0. The van der Waals surface area contributed by atoms with Crippen molar-refractivity contribution in [3.8, 4) is 0 Å². The zero-order valence-corrected chi connectivity index (χ0v) is 12.9. The molecule has 0 spiro atoms. The Morgan fingerprint density at radius 3 is 2.75 bits per heavy atom. The molecule has 2 saturated heterocycles. The van der Waals surface area contributed by atoms with Gasteiger partial charge in [-0.3, -0.25) is 4.79 Å². The SMILES string of the molecule is CCOCCC(=O)N1CCCCCC1C1CCNCC1. The smallest absolute Gasteiger partial charge is 0.225 e. The van der Waals surface area contributed by atoms with Gasteiger partial charge in [-0.15, -0.1) is 0 Å². The first-order chi connectivity index (χ1) is 9.83. The Morgan fingerprint density at radius 2 is 2.00 bits per heavy atom. The molecule has 0 radical (unpaired) electrons. The predicted molar refractivity (Wildman–Crippen MR) is 80.7 cm³/mol. The molecule has 1 amide bonds. The van der Waals surface area contributed by atoms with Gasteiger partial charge in [-0.25, -0.2) is 0 Å². The third kappa shape index (κ3) is 4.45. The summed E-state index contributed by atoms with van der Waals surface area (Å²) in [6.07, 6.45) is 7.92. The molecule has 0 bridgehead atoms. The Labute approximate surface area is 123 Å². The van der Waals surface area contributed by atoms with E-state index >= 15 is 0 Å². The number of rotatable bonds is 5. The van der Waals surface area contributed by atoms with Crippen LogP contribution in [0.4, 0.5) is 0 Å². The van der Waals surface area contributed by atoms with Crippen LogP contribution < -0.4 is 5.32 Å². The van der Waals surface area contributed by atoms with E-state index in [0.29, 0.717) is 37.5 Å². The predicted octanol–water partition coefficient (Wildman–Crippen LogP) is 2.18. The van der Waals surface area contributed by atoms with Crippen molar-refractivity contribution in [2.75, 3.05) is 32.8 Å². The van der Waals surface area contributed by atoms with E-state index in [1.807, 2.05) is 6.92 Å². The average Bonchev–Trinajstić information content (AvgIpc) is 2.74. The first-order valence-electron chi connectivity index (χ1n) is 8.41. The second kappa shape index (κ2) is 8.63. The summed E-state index contributed by atoms with van der Waals surface area (Å²) in [5, 5.41) is 3.43. The van der Waals surface area contributed by atoms with Gasteiger partial charge in [0.25, 0.3) is 0 Å². The maximum absolute atomic E-state index is 12.5. The molecule has 0 aromatic heterocycles. The topological polar surface area (TPSA) is 41.6 Å². The number of hydrogen-bond acceptors (Lipinski definition) is 3. The first kappa shape index (κ1) is 15.8. The normalized spacial score (nSPS) is 25.4. The van der Waals surface area contributed by atoms with E-state index in [4.69, 9.17) is 4.74 Å². The van der Waals surface area contributed by atoms with E-state index in [9.17, 15) is 4.79 Å². The molecule has 2 aliphatic heterocycles. The molecule has 0 aromatic rings. The molecule has 2 heterocycles. The summed E-state index contributed by atoms with van der Waals surface area (Å²) >= 11 is 0. The van der Waals surface area contributed by atoms with E-state index < -0.39 is 0 Å². The van der Waals surface area contributed by atoms with E-state index in [2.05, 4.69) is 10.2 Å². The number of nitrogens with zero attached hydrogens (tertiary/aromatic N) is 1. The van der Waals surface area contributed by atoms with E-state index in [0.717, 1.165) is 19.6 Å². The second-order valence-electron chi connectivity index (χ2n) is 6.04. The lowest BCUT2D eigenvalue weighted by atomic mass is 9.86. The van der Waals surface area contributed by atoms with Gasteiger partial charge in [-0.2, -0.15) is 0 Å². The van der Waals surface area contributed by atoms with Crippen LogP contribution in [0.25, 0.3) is 0 Å². The lowest BCUT2D eigenvalue weighted by Gasteiger charge is -2.38. The van der Waals surface area contributed by atoms with Crippen molar-refractivity contribution >= 4 is 5.91 Å². The molecular weight excluding hydrogens is 252 g/mol. The fourth-order valence-corrected chi connectivity index (χ4v) is 3.61. The van der Waals surface area contributed by atoms with Crippen molar-refractivity contribution in [1.82, 2.24) is 10.2 Å². The largest absolute Gasteiger partial charge is 0.381 e. The fourth-order valence-electron chi connectivity index (χ4n) is 3.61. The van der Waals surface area contributed by atoms with E-state index in [1.165, 1.54) is 38.5 Å². The Hall–Kier alpha value is -0.610. The summed E-state index contributed by atoms with van der Waals surface area (Å²) in [4.78, 5) is 14.7. The quantitative estimate of drug-likeness (QED) is 0.786.